The average Bonchev–Trinajstić information content (AvgIpc) is 2.64. The lowest BCUT2D eigenvalue weighted by atomic mass is 9.86. The highest BCUT2D eigenvalue weighted by atomic mass is 35.5. The van der Waals surface area contributed by atoms with Crippen molar-refractivity contribution in [1.82, 2.24) is 4.72 Å². The van der Waals surface area contributed by atoms with Gasteiger partial charge in [0.1, 0.15) is 17.3 Å². The molecule has 1 N–H and O–H groups in total. The van der Waals surface area contributed by atoms with Crippen LogP contribution >= 0.6 is 11.6 Å². The number of sulfonamides is 1. The summed E-state index contributed by atoms with van der Waals surface area (Å²) < 4.78 is 37.9. The van der Waals surface area contributed by atoms with E-state index in [1.54, 1.807) is 0 Å². The van der Waals surface area contributed by atoms with Gasteiger partial charge in [0.2, 0.25) is 10.0 Å². The molecule has 152 valence electrons. The molecule has 0 amide bonds. The SMILES string of the molecule is COC(=O)c1ccc(Cl)c(S(=O)(=O)NCCOc2ccccc2C(C)(C)C)c1. The quantitative estimate of drug-likeness (QED) is 0.539. The molecule has 2 rings (SSSR count). The molecule has 8 heteroatoms. The lowest BCUT2D eigenvalue weighted by Gasteiger charge is -2.22. The molecule has 0 aromatic heterocycles. The van der Waals surface area contributed by atoms with Crippen LogP contribution in [-0.2, 0) is 20.2 Å². The van der Waals surface area contributed by atoms with E-state index in [1.165, 1.54) is 25.3 Å². The van der Waals surface area contributed by atoms with E-state index in [2.05, 4.69) is 30.2 Å². The molecule has 0 aliphatic carbocycles. The van der Waals surface area contributed by atoms with Crippen LogP contribution in [0.3, 0.4) is 0 Å². The Morgan fingerprint density at radius 1 is 1.14 bits per heavy atom. The Morgan fingerprint density at radius 2 is 1.82 bits per heavy atom. The van der Waals surface area contributed by atoms with Crippen LogP contribution < -0.4 is 9.46 Å². The van der Waals surface area contributed by atoms with Crippen molar-refractivity contribution in [3.63, 3.8) is 0 Å². The Morgan fingerprint density at radius 3 is 2.46 bits per heavy atom. The Balaban J connectivity index is 2.07. The molecule has 2 aromatic rings. The van der Waals surface area contributed by atoms with Gasteiger partial charge in [-0.1, -0.05) is 50.6 Å². The minimum absolute atomic E-state index is 0.0131. The largest absolute Gasteiger partial charge is 0.492 e. The number of esters is 1. The van der Waals surface area contributed by atoms with E-state index in [9.17, 15) is 13.2 Å². The second-order valence-electron chi connectivity index (χ2n) is 7.13. The van der Waals surface area contributed by atoms with Gasteiger partial charge in [-0.15, -0.1) is 0 Å². The van der Waals surface area contributed by atoms with Crippen molar-refractivity contribution in [2.24, 2.45) is 0 Å². The summed E-state index contributed by atoms with van der Waals surface area (Å²) >= 11 is 6.01. The predicted molar refractivity (Wildman–Crippen MR) is 109 cm³/mol. The first-order valence-electron chi connectivity index (χ1n) is 8.66. The fourth-order valence-corrected chi connectivity index (χ4v) is 4.12. The van der Waals surface area contributed by atoms with Gasteiger partial charge in [0.25, 0.3) is 0 Å². The number of halogens is 1. The second-order valence-corrected chi connectivity index (χ2v) is 9.27. The minimum atomic E-state index is -3.92. The maximum absolute atomic E-state index is 12.6. The number of para-hydroxylation sites is 1. The lowest BCUT2D eigenvalue weighted by Crippen LogP contribution is -2.29. The number of carbonyl (C=O) groups excluding carboxylic acids is 1. The molecule has 0 heterocycles. The molecule has 0 radical (unpaired) electrons. The predicted octanol–water partition coefficient (Wildman–Crippen LogP) is 3.78. The zero-order chi connectivity index (χ0) is 20.9. The number of hydrogen-bond acceptors (Lipinski definition) is 5. The third kappa shape index (κ3) is 5.47. The van der Waals surface area contributed by atoms with Crippen LogP contribution in [0, 0.1) is 0 Å². The highest BCUT2D eigenvalue weighted by molar-refractivity contribution is 7.89. The van der Waals surface area contributed by atoms with Gasteiger partial charge < -0.3 is 9.47 Å². The van der Waals surface area contributed by atoms with Crippen molar-refractivity contribution >= 4 is 27.6 Å². The Labute approximate surface area is 170 Å². The Hall–Kier alpha value is -2.09. The van der Waals surface area contributed by atoms with Crippen molar-refractivity contribution in [2.45, 2.75) is 31.1 Å². The summed E-state index contributed by atoms with van der Waals surface area (Å²) in [5, 5.41) is 0.0131. The normalized spacial score (nSPS) is 11.9. The van der Waals surface area contributed by atoms with E-state index in [1.807, 2.05) is 24.3 Å². The Kier molecular flexibility index (Phi) is 7.09. The van der Waals surface area contributed by atoms with Gasteiger partial charge in [-0.05, 0) is 35.2 Å². The summed E-state index contributed by atoms with van der Waals surface area (Å²) in [6.45, 7) is 6.41. The smallest absolute Gasteiger partial charge is 0.337 e. The number of hydrogen-bond donors (Lipinski definition) is 1. The molecule has 0 aliphatic heterocycles. The van der Waals surface area contributed by atoms with E-state index in [4.69, 9.17) is 16.3 Å². The van der Waals surface area contributed by atoms with Gasteiger partial charge in [0, 0.05) is 6.54 Å². The van der Waals surface area contributed by atoms with Gasteiger partial charge in [-0.2, -0.15) is 0 Å². The van der Waals surface area contributed by atoms with E-state index in [0.29, 0.717) is 5.75 Å². The molecular weight excluding hydrogens is 402 g/mol. The van der Waals surface area contributed by atoms with Crippen LogP contribution in [0.25, 0.3) is 0 Å². The van der Waals surface area contributed by atoms with Crippen molar-refractivity contribution < 1.29 is 22.7 Å². The maximum Gasteiger partial charge on any atom is 0.337 e. The van der Waals surface area contributed by atoms with Crippen LogP contribution in [0.4, 0.5) is 0 Å². The lowest BCUT2D eigenvalue weighted by molar-refractivity contribution is 0.0600. The van der Waals surface area contributed by atoms with Gasteiger partial charge in [-0.25, -0.2) is 17.9 Å². The first kappa shape index (κ1) is 22.2. The van der Waals surface area contributed by atoms with E-state index in [0.717, 1.165) is 5.56 Å². The van der Waals surface area contributed by atoms with Crippen LogP contribution in [0.1, 0.15) is 36.7 Å². The minimum Gasteiger partial charge on any atom is -0.492 e. The van der Waals surface area contributed by atoms with Gasteiger partial charge in [0.05, 0.1) is 17.7 Å². The van der Waals surface area contributed by atoms with Crippen molar-refractivity contribution in [3.8, 4) is 5.75 Å². The summed E-state index contributed by atoms with van der Waals surface area (Å²) in [4.78, 5) is 11.4. The number of ether oxygens (including phenoxy) is 2. The standard InChI is InChI=1S/C20H24ClNO5S/c1-20(2,3)15-7-5-6-8-17(15)27-12-11-22-28(24,25)18-13-14(19(23)26-4)9-10-16(18)21/h5-10,13,22H,11-12H2,1-4H3. The molecule has 0 aliphatic rings. The Bertz CT molecular complexity index is 951. The topological polar surface area (TPSA) is 81.7 Å². The third-order valence-corrected chi connectivity index (χ3v) is 5.93. The second kappa shape index (κ2) is 8.94. The fraction of sp³-hybridized carbons (Fsp3) is 0.350. The fourth-order valence-electron chi connectivity index (χ4n) is 2.58. The van der Waals surface area contributed by atoms with Crippen molar-refractivity contribution in [1.29, 1.82) is 0 Å². The zero-order valence-electron chi connectivity index (χ0n) is 16.3. The molecule has 28 heavy (non-hydrogen) atoms. The number of carbonyl (C=O) groups is 1. The van der Waals surface area contributed by atoms with E-state index >= 15 is 0 Å². The highest BCUT2D eigenvalue weighted by Crippen LogP contribution is 2.30. The van der Waals surface area contributed by atoms with Crippen LogP contribution in [0.2, 0.25) is 5.02 Å². The van der Waals surface area contributed by atoms with Crippen LogP contribution in [-0.4, -0.2) is 34.6 Å². The summed E-state index contributed by atoms with van der Waals surface area (Å²) in [6, 6.07) is 11.6. The molecule has 0 fully saturated rings. The van der Waals surface area contributed by atoms with Gasteiger partial charge in [0.15, 0.2) is 0 Å². The van der Waals surface area contributed by atoms with Gasteiger partial charge in [-0.3, -0.25) is 0 Å². The zero-order valence-corrected chi connectivity index (χ0v) is 17.9. The highest BCUT2D eigenvalue weighted by Gasteiger charge is 2.21. The molecule has 0 saturated heterocycles. The molecular formula is C20H24ClNO5S. The molecule has 0 saturated carbocycles. The summed E-state index contributed by atoms with van der Waals surface area (Å²) in [5.41, 5.74) is 1.03. The monoisotopic (exact) mass is 425 g/mol. The average molecular weight is 426 g/mol. The van der Waals surface area contributed by atoms with Crippen molar-refractivity contribution in [3.05, 3.63) is 58.6 Å². The van der Waals surface area contributed by atoms with Gasteiger partial charge >= 0.3 is 5.97 Å². The number of benzene rings is 2. The number of nitrogens with one attached hydrogen (secondary N) is 1. The molecule has 2 aromatic carbocycles. The van der Waals surface area contributed by atoms with E-state index in [-0.39, 0.29) is 34.0 Å². The summed E-state index contributed by atoms with van der Waals surface area (Å²) in [7, 11) is -2.70. The first-order valence-corrected chi connectivity index (χ1v) is 10.5. The molecule has 0 unspecified atom stereocenters. The molecule has 0 spiro atoms. The van der Waals surface area contributed by atoms with Crippen molar-refractivity contribution in [2.75, 3.05) is 20.3 Å². The van der Waals surface area contributed by atoms with Crippen LogP contribution in [0.15, 0.2) is 47.4 Å². The van der Waals surface area contributed by atoms with Crippen LogP contribution in [0.5, 0.6) is 5.75 Å². The number of rotatable bonds is 7. The molecule has 0 atom stereocenters. The number of methoxy groups -OCH3 is 1. The first-order chi connectivity index (χ1) is 13.1. The molecule has 6 nitrogen and oxygen atoms in total. The summed E-state index contributed by atoms with van der Waals surface area (Å²) in [6.07, 6.45) is 0. The summed E-state index contributed by atoms with van der Waals surface area (Å²) in [5.74, 6) is 0.0650. The molecule has 0 bridgehead atoms. The van der Waals surface area contributed by atoms with E-state index < -0.39 is 16.0 Å². The third-order valence-electron chi connectivity index (χ3n) is 3.99. The maximum atomic E-state index is 12.6.